The lowest BCUT2D eigenvalue weighted by atomic mass is 10.1. The van der Waals surface area contributed by atoms with Crippen LogP contribution in [0.2, 0.25) is 0 Å². The van der Waals surface area contributed by atoms with E-state index in [0.29, 0.717) is 36.0 Å². The minimum atomic E-state index is -0.333. The molecular weight excluding hydrogens is 396 g/mol. The molecule has 0 spiro atoms. The lowest BCUT2D eigenvalue weighted by Crippen LogP contribution is -2.23. The van der Waals surface area contributed by atoms with Gasteiger partial charge in [0.2, 0.25) is 5.90 Å². The lowest BCUT2D eigenvalue weighted by Gasteiger charge is -2.13. The molecule has 3 aromatic rings. The lowest BCUT2D eigenvalue weighted by molar-refractivity contribution is 0.282. The Bertz CT molecular complexity index is 1220. The fourth-order valence-corrected chi connectivity index (χ4v) is 2.81. The predicted molar refractivity (Wildman–Crippen MR) is 117 cm³/mol. The van der Waals surface area contributed by atoms with Crippen LogP contribution in [0.15, 0.2) is 45.5 Å². The Morgan fingerprint density at radius 2 is 2.06 bits per heavy atom. The normalized spacial score (nSPS) is 12.1. The van der Waals surface area contributed by atoms with E-state index in [1.165, 1.54) is 9.36 Å². The van der Waals surface area contributed by atoms with Crippen LogP contribution in [0.5, 0.6) is 0 Å². The topological polar surface area (TPSA) is 104 Å². The fraction of sp³-hybridized carbons (Fsp3) is 0.333. The highest BCUT2D eigenvalue weighted by Gasteiger charge is 2.14. The zero-order valence-electron chi connectivity index (χ0n) is 18.0. The highest BCUT2D eigenvalue weighted by molar-refractivity contribution is 5.97. The van der Waals surface area contributed by atoms with Gasteiger partial charge in [0.1, 0.15) is 18.8 Å². The van der Waals surface area contributed by atoms with E-state index in [1.54, 1.807) is 24.0 Å². The van der Waals surface area contributed by atoms with Gasteiger partial charge in [-0.2, -0.15) is 19.6 Å². The Balaban J connectivity index is 1.80. The quantitative estimate of drug-likeness (QED) is 0.251. The summed E-state index contributed by atoms with van der Waals surface area (Å²) in [5.74, 6) is 3.00. The SMILES string of the molecule is C#CCn1ccc(C(C)=NN=C(CC)OCc2c(C)cccc2-n2nnn(C)c2=O)n1. The van der Waals surface area contributed by atoms with Crippen molar-refractivity contribution in [2.75, 3.05) is 0 Å². The summed E-state index contributed by atoms with van der Waals surface area (Å²) in [7, 11) is 1.55. The molecule has 2 aromatic heterocycles. The first-order valence-corrected chi connectivity index (χ1v) is 9.73. The molecule has 0 saturated carbocycles. The van der Waals surface area contributed by atoms with Crippen molar-refractivity contribution in [2.24, 2.45) is 17.3 Å². The summed E-state index contributed by atoms with van der Waals surface area (Å²) >= 11 is 0. The third kappa shape index (κ3) is 4.95. The molecule has 0 bridgehead atoms. The van der Waals surface area contributed by atoms with E-state index in [9.17, 15) is 4.79 Å². The summed E-state index contributed by atoms with van der Waals surface area (Å²) in [6.45, 7) is 6.30. The molecule has 0 aliphatic rings. The molecule has 10 nitrogen and oxygen atoms in total. The van der Waals surface area contributed by atoms with Crippen molar-refractivity contribution in [1.82, 2.24) is 29.6 Å². The third-order valence-electron chi connectivity index (χ3n) is 4.60. The van der Waals surface area contributed by atoms with E-state index in [2.05, 4.69) is 31.6 Å². The molecule has 0 atom stereocenters. The first-order valence-electron chi connectivity index (χ1n) is 9.73. The van der Waals surface area contributed by atoms with Crippen LogP contribution in [0.4, 0.5) is 0 Å². The highest BCUT2D eigenvalue weighted by atomic mass is 16.5. The molecule has 10 heteroatoms. The maximum absolute atomic E-state index is 12.3. The average Bonchev–Trinajstić information content (AvgIpc) is 3.36. The molecule has 0 aliphatic carbocycles. The predicted octanol–water partition coefficient (Wildman–Crippen LogP) is 1.85. The van der Waals surface area contributed by atoms with Gasteiger partial charge in [0.05, 0.1) is 11.4 Å². The van der Waals surface area contributed by atoms with Crippen molar-refractivity contribution in [3.8, 4) is 18.0 Å². The van der Waals surface area contributed by atoms with Crippen molar-refractivity contribution < 1.29 is 4.74 Å². The Morgan fingerprint density at radius 3 is 2.74 bits per heavy atom. The zero-order chi connectivity index (χ0) is 22.4. The standard InChI is InChI=1S/C21H24N8O2/c1-6-12-28-13-11-18(24-28)16(4)22-23-20(7-2)31-14-17-15(3)9-8-10-19(17)29-21(30)27(5)25-26-29/h1,8-11,13H,7,12,14H2,2-5H3. The molecule has 0 radical (unpaired) electrons. The summed E-state index contributed by atoms with van der Waals surface area (Å²) in [6.07, 6.45) is 7.65. The van der Waals surface area contributed by atoms with Crippen LogP contribution >= 0.6 is 0 Å². The first kappa shape index (κ1) is 21.7. The minimum absolute atomic E-state index is 0.211. The Kier molecular flexibility index (Phi) is 6.77. The second-order valence-electron chi connectivity index (χ2n) is 6.79. The van der Waals surface area contributed by atoms with Crippen molar-refractivity contribution in [2.45, 2.75) is 40.3 Å². The van der Waals surface area contributed by atoms with Gasteiger partial charge in [-0.1, -0.05) is 25.0 Å². The summed E-state index contributed by atoms with van der Waals surface area (Å²) in [5.41, 5.74) is 3.41. The van der Waals surface area contributed by atoms with Gasteiger partial charge in [0.25, 0.3) is 0 Å². The Morgan fingerprint density at radius 1 is 1.26 bits per heavy atom. The third-order valence-corrected chi connectivity index (χ3v) is 4.60. The summed E-state index contributed by atoms with van der Waals surface area (Å²) in [6, 6.07) is 7.44. The summed E-state index contributed by atoms with van der Waals surface area (Å²) in [5, 5.41) is 20.5. The number of hydrogen-bond donors (Lipinski definition) is 0. The zero-order valence-corrected chi connectivity index (χ0v) is 18.0. The summed E-state index contributed by atoms with van der Waals surface area (Å²) in [4.78, 5) is 12.3. The number of aromatic nitrogens is 6. The van der Waals surface area contributed by atoms with Gasteiger partial charge in [-0.15, -0.1) is 11.5 Å². The van der Waals surface area contributed by atoms with E-state index in [4.69, 9.17) is 11.2 Å². The Labute approximate surface area is 179 Å². The second kappa shape index (κ2) is 9.67. The smallest absolute Gasteiger partial charge is 0.368 e. The monoisotopic (exact) mass is 420 g/mol. The number of benzene rings is 1. The summed E-state index contributed by atoms with van der Waals surface area (Å²) < 4.78 is 10.0. The highest BCUT2D eigenvalue weighted by Crippen LogP contribution is 2.18. The van der Waals surface area contributed by atoms with Crippen molar-refractivity contribution >= 4 is 11.6 Å². The van der Waals surface area contributed by atoms with E-state index < -0.39 is 0 Å². The average molecular weight is 420 g/mol. The number of ether oxygens (including phenoxy) is 1. The molecule has 0 saturated heterocycles. The number of aryl methyl sites for hydroxylation is 2. The number of tetrazole rings is 1. The molecule has 0 N–H and O–H groups in total. The van der Waals surface area contributed by atoms with Crippen LogP contribution in [0.3, 0.4) is 0 Å². The largest absolute Gasteiger partial charge is 0.475 e. The van der Waals surface area contributed by atoms with Gasteiger partial charge in [-0.05, 0) is 42.0 Å². The molecule has 1 aromatic carbocycles. The van der Waals surface area contributed by atoms with Crippen LogP contribution in [-0.2, 0) is 24.9 Å². The van der Waals surface area contributed by atoms with E-state index in [-0.39, 0.29) is 12.3 Å². The maximum Gasteiger partial charge on any atom is 0.368 e. The second-order valence-corrected chi connectivity index (χ2v) is 6.79. The van der Waals surface area contributed by atoms with Crippen LogP contribution in [0.1, 0.15) is 37.1 Å². The van der Waals surface area contributed by atoms with Gasteiger partial charge in [0.15, 0.2) is 0 Å². The number of hydrogen-bond acceptors (Lipinski definition) is 7. The van der Waals surface area contributed by atoms with E-state index in [0.717, 1.165) is 11.1 Å². The Hall–Kier alpha value is -4.00. The number of nitrogens with zero attached hydrogens (tertiary/aromatic N) is 8. The van der Waals surface area contributed by atoms with Gasteiger partial charge in [0, 0.05) is 25.2 Å². The van der Waals surface area contributed by atoms with Crippen molar-refractivity contribution in [1.29, 1.82) is 0 Å². The van der Waals surface area contributed by atoms with Crippen molar-refractivity contribution in [3.63, 3.8) is 0 Å². The maximum atomic E-state index is 12.3. The van der Waals surface area contributed by atoms with Crippen LogP contribution < -0.4 is 5.69 Å². The van der Waals surface area contributed by atoms with Crippen molar-refractivity contribution in [3.05, 3.63) is 57.8 Å². The molecule has 160 valence electrons. The molecule has 0 unspecified atom stereocenters. The van der Waals surface area contributed by atoms with E-state index >= 15 is 0 Å². The first-order chi connectivity index (χ1) is 14.9. The minimum Gasteiger partial charge on any atom is -0.475 e. The van der Waals surface area contributed by atoms with Gasteiger partial charge < -0.3 is 4.74 Å². The molecule has 0 amide bonds. The van der Waals surface area contributed by atoms with Crippen LogP contribution in [-0.4, -0.2) is 41.2 Å². The molecule has 0 aliphatic heterocycles. The molecule has 3 rings (SSSR count). The van der Waals surface area contributed by atoms with Crippen LogP contribution in [0, 0.1) is 19.3 Å². The molecular formula is C21H24N8O2. The van der Waals surface area contributed by atoms with Gasteiger partial charge >= 0.3 is 5.69 Å². The van der Waals surface area contributed by atoms with Gasteiger partial charge in [-0.3, -0.25) is 4.68 Å². The molecule has 31 heavy (non-hydrogen) atoms. The van der Waals surface area contributed by atoms with Crippen LogP contribution in [0.25, 0.3) is 5.69 Å². The number of terminal acetylenes is 1. The molecule has 0 fully saturated rings. The van der Waals surface area contributed by atoms with E-state index in [1.807, 2.05) is 39.0 Å². The molecule has 2 heterocycles. The van der Waals surface area contributed by atoms with Gasteiger partial charge in [-0.25, -0.2) is 4.79 Å². The fourth-order valence-electron chi connectivity index (χ4n) is 2.81. The number of rotatable bonds is 7.